The molecule has 0 atom stereocenters. The molecule has 0 saturated carbocycles. The molecule has 22 heavy (non-hydrogen) atoms. The lowest BCUT2D eigenvalue weighted by Crippen LogP contribution is -2.22. The molecule has 0 bridgehead atoms. The molecule has 1 heterocycles. The van der Waals surface area contributed by atoms with Crippen molar-refractivity contribution >= 4 is 5.78 Å². The largest absolute Gasteiger partial charge is 0.294 e. The average Bonchev–Trinajstić information content (AvgIpc) is 2.77. The number of hydrogen-bond acceptors (Lipinski definition) is 2. The van der Waals surface area contributed by atoms with Crippen LogP contribution in [0.5, 0.6) is 0 Å². The topological polar surface area (TPSA) is 34.9 Å². The molecule has 2 aromatic rings. The van der Waals surface area contributed by atoms with Crippen molar-refractivity contribution in [2.45, 2.75) is 60.4 Å². The average molecular weight is 298 g/mol. The molecule has 0 amide bonds. The van der Waals surface area contributed by atoms with E-state index in [2.05, 4.69) is 53.7 Å². The number of ketones is 1. The maximum atomic E-state index is 12.0. The van der Waals surface area contributed by atoms with Crippen LogP contribution < -0.4 is 0 Å². The second-order valence-electron chi connectivity index (χ2n) is 7.22. The first-order chi connectivity index (χ1) is 10.1. The van der Waals surface area contributed by atoms with Crippen LogP contribution in [0, 0.1) is 20.8 Å². The predicted octanol–water partition coefficient (Wildman–Crippen LogP) is 4.36. The smallest absolute Gasteiger partial charge is 0.163 e. The van der Waals surface area contributed by atoms with Gasteiger partial charge in [0.1, 0.15) is 0 Å². The molecule has 0 radical (unpaired) electrons. The molecule has 3 nitrogen and oxygen atoms in total. The molecule has 0 aliphatic heterocycles. The first kappa shape index (κ1) is 16.5. The molecule has 0 saturated heterocycles. The summed E-state index contributed by atoms with van der Waals surface area (Å²) in [6, 6.07) is 4.38. The van der Waals surface area contributed by atoms with Crippen molar-refractivity contribution in [1.29, 1.82) is 0 Å². The molecule has 0 fully saturated rings. The van der Waals surface area contributed by atoms with Crippen molar-refractivity contribution in [3.8, 4) is 0 Å². The van der Waals surface area contributed by atoms with Crippen molar-refractivity contribution in [1.82, 2.24) is 9.78 Å². The van der Waals surface area contributed by atoms with E-state index in [1.54, 1.807) is 6.92 Å². The van der Waals surface area contributed by atoms with Crippen LogP contribution in [0.2, 0.25) is 0 Å². The summed E-state index contributed by atoms with van der Waals surface area (Å²) in [5.74, 6) is 0.0768. The Morgan fingerprint density at radius 3 is 2.14 bits per heavy atom. The van der Waals surface area contributed by atoms with Gasteiger partial charge in [-0.05, 0) is 65.2 Å². The minimum absolute atomic E-state index is 0.0768. The fourth-order valence-corrected chi connectivity index (χ4v) is 2.83. The Kier molecular flexibility index (Phi) is 4.28. The molecule has 118 valence electrons. The Hall–Kier alpha value is -1.90. The summed E-state index contributed by atoms with van der Waals surface area (Å²) in [4.78, 5) is 12.0. The molecule has 0 N–H and O–H groups in total. The molecule has 1 aromatic heterocycles. The van der Waals surface area contributed by atoms with E-state index in [9.17, 15) is 4.79 Å². The third-order valence-electron chi connectivity index (χ3n) is 4.04. The maximum absolute atomic E-state index is 12.0. The lowest BCUT2D eigenvalue weighted by Gasteiger charge is -2.19. The third-order valence-corrected chi connectivity index (χ3v) is 4.04. The van der Waals surface area contributed by atoms with Crippen LogP contribution in [0.4, 0.5) is 0 Å². The zero-order valence-electron chi connectivity index (χ0n) is 14.7. The lowest BCUT2D eigenvalue weighted by atomic mass is 9.95. The third kappa shape index (κ3) is 3.29. The zero-order chi connectivity index (χ0) is 16.7. The minimum Gasteiger partial charge on any atom is -0.294 e. The number of carbonyl (C=O) groups excluding carboxylic acids is 1. The maximum Gasteiger partial charge on any atom is 0.163 e. The van der Waals surface area contributed by atoms with Gasteiger partial charge >= 0.3 is 0 Å². The number of benzene rings is 1. The number of rotatable bonds is 3. The SMILES string of the molecule is CC(=O)c1cn(C(C)(C)C)nc1Cc1c(C)cc(C)cc1C. The van der Waals surface area contributed by atoms with Crippen LogP contribution in [0.25, 0.3) is 0 Å². The lowest BCUT2D eigenvalue weighted by molar-refractivity contribution is 0.101. The summed E-state index contributed by atoms with van der Waals surface area (Å²) in [6.45, 7) is 14.3. The number of Topliss-reactive ketones (excluding diaryl/α,β-unsaturated/α-hetero) is 1. The fraction of sp³-hybridized carbons (Fsp3) is 0.474. The summed E-state index contributed by atoms with van der Waals surface area (Å²) in [6.07, 6.45) is 2.59. The monoisotopic (exact) mass is 298 g/mol. The second-order valence-corrected chi connectivity index (χ2v) is 7.22. The highest BCUT2D eigenvalue weighted by Crippen LogP contribution is 2.23. The molecular formula is C19H26N2O. The van der Waals surface area contributed by atoms with Gasteiger partial charge in [0.05, 0.1) is 16.8 Å². The van der Waals surface area contributed by atoms with E-state index in [0.717, 1.165) is 11.3 Å². The van der Waals surface area contributed by atoms with Gasteiger partial charge in [0.2, 0.25) is 0 Å². The van der Waals surface area contributed by atoms with Crippen LogP contribution in [-0.2, 0) is 12.0 Å². The molecular weight excluding hydrogens is 272 g/mol. The number of nitrogens with zero attached hydrogens (tertiary/aromatic N) is 2. The van der Waals surface area contributed by atoms with Crippen LogP contribution in [-0.4, -0.2) is 15.6 Å². The quantitative estimate of drug-likeness (QED) is 0.789. The Morgan fingerprint density at radius 1 is 1.14 bits per heavy atom. The van der Waals surface area contributed by atoms with Crippen LogP contribution in [0.15, 0.2) is 18.3 Å². The van der Waals surface area contributed by atoms with Gasteiger partial charge < -0.3 is 0 Å². The van der Waals surface area contributed by atoms with Gasteiger partial charge in [-0.25, -0.2) is 0 Å². The number of carbonyl (C=O) groups is 1. The van der Waals surface area contributed by atoms with E-state index in [-0.39, 0.29) is 11.3 Å². The highest BCUT2D eigenvalue weighted by molar-refractivity contribution is 5.95. The van der Waals surface area contributed by atoms with Gasteiger partial charge in [-0.2, -0.15) is 5.10 Å². The van der Waals surface area contributed by atoms with Crippen molar-refractivity contribution in [2.24, 2.45) is 0 Å². The van der Waals surface area contributed by atoms with E-state index >= 15 is 0 Å². The summed E-state index contributed by atoms with van der Waals surface area (Å²) in [5, 5.41) is 4.70. The molecule has 0 spiro atoms. The van der Waals surface area contributed by atoms with E-state index in [4.69, 9.17) is 5.10 Å². The van der Waals surface area contributed by atoms with Gasteiger partial charge in [-0.3, -0.25) is 9.48 Å². The van der Waals surface area contributed by atoms with Gasteiger partial charge in [0.25, 0.3) is 0 Å². The van der Waals surface area contributed by atoms with E-state index in [0.29, 0.717) is 6.42 Å². The zero-order valence-corrected chi connectivity index (χ0v) is 14.7. The first-order valence-electron chi connectivity index (χ1n) is 7.76. The summed E-state index contributed by atoms with van der Waals surface area (Å²) in [7, 11) is 0. The summed E-state index contributed by atoms with van der Waals surface area (Å²) >= 11 is 0. The Balaban J connectivity index is 2.50. The summed E-state index contributed by atoms with van der Waals surface area (Å²) < 4.78 is 1.90. The van der Waals surface area contributed by atoms with Crippen LogP contribution in [0.1, 0.15) is 66.0 Å². The number of hydrogen-bond donors (Lipinski definition) is 0. The Morgan fingerprint density at radius 2 is 1.68 bits per heavy atom. The van der Waals surface area contributed by atoms with Crippen LogP contribution >= 0.6 is 0 Å². The van der Waals surface area contributed by atoms with Crippen molar-refractivity contribution in [2.75, 3.05) is 0 Å². The van der Waals surface area contributed by atoms with Crippen LogP contribution in [0.3, 0.4) is 0 Å². The van der Waals surface area contributed by atoms with E-state index in [1.165, 1.54) is 22.3 Å². The van der Waals surface area contributed by atoms with Crippen molar-refractivity contribution in [3.63, 3.8) is 0 Å². The fourth-order valence-electron chi connectivity index (χ4n) is 2.83. The highest BCUT2D eigenvalue weighted by atomic mass is 16.1. The second kappa shape index (κ2) is 5.71. The number of aryl methyl sites for hydroxylation is 3. The van der Waals surface area contributed by atoms with Gasteiger partial charge in [-0.1, -0.05) is 17.7 Å². The molecule has 0 unspecified atom stereocenters. The van der Waals surface area contributed by atoms with Gasteiger partial charge in [-0.15, -0.1) is 0 Å². The van der Waals surface area contributed by atoms with Gasteiger partial charge in [0, 0.05) is 12.6 Å². The number of aromatic nitrogens is 2. The standard InChI is InChI=1S/C19H26N2O/c1-12-8-13(2)16(14(3)9-12)10-18-17(15(4)22)11-21(20-18)19(5,6)7/h8-9,11H,10H2,1-7H3. The normalized spacial score (nSPS) is 11.8. The van der Waals surface area contributed by atoms with Crippen molar-refractivity contribution < 1.29 is 4.79 Å². The molecule has 1 aromatic carbocycles. The Bertz CT molecular complexity index is 695. The van der Waals surface area contributed by atoms with Gasteiger partial charge in [0.15, 0.2) is 5.78 Å². The van der Waals surface area contributed by atoms with Crippen molar-refractivity contribution in [3.05, 3.63) is 51.8 Å². The minimum atomic E-state index is -0.125. The first-order valence-corrected chi connectivity index (χ1v) is 7.76. The predicted molar refractivity (Wildman–Crippen MR) is 90.7 cm³/mol. The highest BCUT2D eigenvalue weighted by Gasteiger charge is 2.21. The molecule has 0 aliphatic rings. The van der Waals surface area contributed by atoms with E-state index < -0.39 is 0 Å². The Labute approximate surface area is 133 Å². The molecule has 0 aliphatic carbocycles. The molecule has 3 heteroatoms. The summed E-state index contributed by atoms with van der Waals surface area (Å²) in [5.41, 5.74) is 6.54. The van der Waals surface area contributed by atoms with E-state index in [1.807, 2.05) is 10.9 Å². The molecule has 2 rings (SSSR count).